The highest BCUT2D eigenvalue weighted by Gasteiger charge is 2.08. The molecule has 0 radical (unpaired) electrons. The number of hydrogen-bond donors (Lipinski definition) is 1. The third-order valence-corrected chi connectivity index (χ3v) is 3.40. The Morgan fingerprint density at radius 1 is 1.17 bits per heavy atom. The standard InChI is InChI=1S/C18H21N3O2/c1-12-9-13(2)18(14(3)10-12)23-11-17(22)21-20-15(4)16-5-7-19-8-6-16/h5-10H,11H2,1-4H3,(H,21,22)/b20-15-. The van der Waals surface area contributed by atoms with E-state index in [4.69, 9.17) is 4.74 Å². The summed E-state index contributed by atoms with van der Waals surface area (Å²) >= 11 is 0. The van der Waals surface area contributed by atoms with Gasteiger partial charge in [-0.1, -0.05) is 17.7 Å². The Kier molecular flexibility index (Phi) is 5.46. The molecule has 2 rings (SSSR count). The van der Waals surface area contributed by atoms with E-state index in [0.29, 0.717) is 5.71 Å². The molecule has 0 bridgehead atoms. The summed E-state index contributed by atoms with van der Waals surface area (Å²) in [4.78, 5) is 15.8. The number of ether oxygens (including phenoxy) is 1. The van der Waals surface area contributed by atoms with Gasteiger partial charge in [-0.3, -0.25) is 9.78 Å². The van der Waals surface area contributed by atoms with Gasteiger partial charge in [0.25, 0.3) is 5.91 Å². The lowest BCUT2D eigenvalue weighted by Crippen LogP contribution is -2.26. The Morgan fingerprint density at radius 3 is 2.39 bits per heavy atom. The molecule has 0 fully saturated rings. The number of carbonyl (C=O) groups is 1. The van der Waals surface area contributed by atoms with Crippen LogP contribution in [0.15, 0.2) is 41.8 Å². The molecule has 1 heterocycles. The van der Waals surface area contributed by atoms with Crippen molar-refractivity contribution in [1.82, 2.24) is 10.4 Å². The smallest absolute Gasteiger partial charge is 0.277 e. The third-order valence-electron chi connectivity index (χ3n) is 3.40. The molecule has 0 unspecified atom stereocenters. The van der Waals surface area contributed by atoms with Crippen LogP contribution in [0.25, 0.3) is 0 Å². The number of pyridine rings is 1. The molecule has 0 saturated carbocycles. The van der Waals surface area contributed by atoms with Gasteiger partial charge >= 0.3 is 0 Å². The van der Waals surface area contributed by atoms with E-state index >= 15 is 0 Å². The number of aryl methyl sites for hydroxylation is 3. The number of hydrazone groups is 1. The first-order valence-electron chi connectivity index (χ1n) is 7.41. The molecular weight excluding hydrogens is 290 g/mol. The summed E-state index contributed by atoms with van der Waals surface area (Å²) in [6, 6.07) is 7.74. The highest BCUT2D eigenvalue weighted by molar-refractivity contribution is 5.99. The second-order valence-electron chi connectivity index (χ2n) is 5.48. The first-order valence-corrected chi connectivity index (χ1v) is 7.41. The van der Waals surface area contributed by atoms with Gasteiger partial charge in [0.15, 0.2) is 6.61 Å². The Labute approximate surface area is 136 Å². The molecule has 1 aromatic heterocycles. The van der Waals surface area contributed by atoms with E-state index < -0.39 is 0 Å². The van der Waals surface area contributed by atoms with E-state index in [-0.39, 0.29) is 12.5 Å². The van der Waals surface area contributed by atoms with E-state index in [1.54, 1.807) is 12.4 Å². The van der Waals surface area contributed by atoms with Crippen molar-refractivity contribution in [2.24, 2.45) is 5.10 Å². The minimum atomic E-state index is -0.294. The third kappa shape index (κ3) is 4.64. The minimum absolute atomic E-state index is 0.0716. The second kappa shape index (κ2) is 7.54. The zero-order valence-corrected chi connectivity index (χ0v) is 13.9. The Bertz CT molecular complexity index is 701. The summed E-state index contributed by atoms with van der Waals surface area (Å²) in [6.45, 7) is 7.73. The van der Waals surface area contributed by atoms with Crippen molar-refractivity contribution in [3.63, 3.8) is 0 Å². The molecule has 23 heavy (non-hydrogen) atoms. The molecule has 0 spiro atoms. The fourth-order valence-electron chi connectivity index (χ4n) is 2.37. The van der Waals surface area contributed by atoms with E-state index in [9.17, 15) is 4.79 Å². The van der Waals surface area contributed by atoms with Gasteiger partial charge in [-0.15, -0.1) is 0 Å². The molecular formula is C18H21N3O2. The van der Waals surface area contributed by atoms with Gasteiger partial charge in [-0.25, -0.2) is 5.43 Å². The van der Waals surface area contributed by atoms with Gasteiger partial charge in [0.2, 0.25) is 0 Å². The van der Waals surface area contributed by atoms with Crippen molar-refractivity contribution in [3.8, 4) is 5.75 Å². The summed E-state index contributed by atoms with van der Waals surface area (Å²) in [6.07, 6.45) is 3.37. The van der Waals surface area contributed by atoms with Crippen molar-refractivity contribution in [3.05, 3.63) is 58.9 Å². The molecule has 120 valence electrons. The number of amides is 1. The van der Waals surface area contributed by atoms with Crippen LogP contribution >= 0.6 is 0 Å². The quantitative estimate of drug-likeness (QED) is 0.682. The average molecular weight is 311 g/mol. The van der Waals surface area contributed by atoms with Gasteiger partial charge in [0, 0.05) is 18.0 Å². The predicted molar refractivity (Wildman–Crippen MR) is 90.7 cm³/mol. The molecule has 1 amide bonds. The fraction of sp³-hybridized carbons (Fsp3) is 0.278. The van der Waals surface area contributed by atoms with Gasteiger partial charge in [0.1, 0.15) is 5.75 Å². The lowest BCUT2D eigenvalue weighted by Gasteiger charge is -2.12. The highest BCUT2D eigenvalue weighted by atomic mass is 16.5. The van der Waals surface area contributed by atoms with Crippen LogP contribution in [0.4, 0.5) is 0 Å². The molecule has 1 N–H and O–H groups in total. The Morgan fingerprint density at radius 2 is 1.78 bits per heavy atom. The average Bonchev–Trinajstić information content (AvgIpc) is 2.52. The van der Waals surface area contributed by atoms with Crippen LogP contribution < -0.4 is 10.2 Å². The molecule has 5 nitrogen and oxygen atoms in total. The van der Waals surface area contributed by atoms with Crippen LogP contribution in [0.5, 0.6) is 5.75 Å². The maximum atomic E-state index is 11.9. The number of rotatable bonds is 5. The number of nitrogens with zero attached hydrogens (tertiary/aromatic N) is 2. The van der Waals surface area contributed by atoms with E-state index in [0.717, 1.165) is 22.4 Å². The van der Waals surface area contributed by atoms with Gasteiger partial charge in [-0.05, 0) is 51.0 Å². The number of carbonyl (C=O) groups excluding carboxylic acids is 1. The maximum Gasteiger partial charge on any atom is 0.277 e. The minimum Gasteiger partial charge on any atom is -0.483 e. The van der Waals surface area contributed by atoms with Crippen molar-refractivity contribution in [2.45, 2.75) is 27.7 Å². The van der Waals surface area contributed by atoms with Crippen LogP contribution in [0.1, 0.15) is 29.2 Å². The number of benzene rings is 1. The summed E-state index contributed by atoms with van der Waals surface area (Å²) < 4.78 is 5.63. The molecule has 0 aliphatic heterocycles. The normalized spacial score (nSPS) is 11.2. The number of aromatic nitrogens is 1. The Balaban J connectivity index is 1.94. The molecule has 0 aliphatic carbocycles. The largest absolute Gasteiger partial charge is 0.483 e. The van der Waals surface area contributed by atoms with Crippen LogP contribution in [0.2, 0.25) is 0 Å². The SMILES string of the molecule is C/C(=N/NC(=O)COc1c(C)cc(C)cc1C)c1ccncc1. The molecule has 5 heteroatoms. The number of nitrogens with one attached hydrogen (secondary N) is 1. The number of hydrogen-bond acceptors (Lipinski definition) is 4. The summed E-state index contributed by atoms with van der Waals surface area (Å²) in [7, 11) is 0. The van der Waals surface area contributed by atoms with Crippen LogP contribution in [0.3, 0.4) is 0 Å². The Hall–Kier alpha value is -2.69. The van der Waals surface area contributed by atoms with E-state index in [1.165, 1.54) is 5.56 Å². The molecule has 1 aromatic carbocycles. The van der Waals surface area contributed by atoms with Crippen molar-refractivity contribution in [2.75, 3.05) is 6.61 Å². The molecule has 0 atom stereocenters. The van der Waals surface area contributed by atoms with Gasteiger partial charge < -0.3 is 4.74 Å². The zero-order valence-electron chi connectivity index (χ0n) is 13.9. The summed E-state index contributed by atoms with van der Waals surface area (Å²) in [5.74, 6) is 0.457. The first-order chi connectivity index (χ1) is 11.0. The fourth-order valence-corrected chi connectivity index (χ4v) is 2.37. The van der Waals surface area contributed by atoms with Crippen LogP contribution in [-0.2, 0) is 4.79 Å². The summed E-state index contributed by atoms with van der Waals surface area (Å²) in [5.41, 5.74) is 7.34. The van der Waals surface area contributed by atoms with Gasteiger partial charge in [-0.2, -0.15) is 5.10 Å². The molecule has 2 aromatic rings. The molecule has 0 saturated heterocycles. The van der Waals surface area contributed by atoms with Crippen LogP contribution in [0, 0.1) is 20.8 Å². The predicted octanol–water partition coefficient (Wildman–Crippen LogP) is 2.93. The molecule has 0 aliphatic rings. The van der Waals surface area contributed by atoms with E-state index in [2.05, 4.69) is 15.5 Å². The topological polar surface area (TPSA) is 63.6 Å². The first kappa shape index (κ1) is 16.7. The van der Waals surface area contributed by atoms with Crippen LogP contribution in [-0.4, -0.2) is 23.2 Å². The van der Waals surface area contributed by atoms with Crippen molar-refractivity contribution < 1.29 is 9.53 Å². The monoisotopic (exact) mass is 311 g/mol. The van der Waals surface area contributed by atoms with Crippen molar-refractivity contribution >= 4 is 11.6 Å². The van der Waals surface area contributed by atoms with E-state index in [1.807, 2.05) is 52.0 Å². The highest BCUT2D eigenvalue weighted by Crippen LogP contribution is 2.24. The second-order valence-corrected chi connectivity index (χ2v) is 5.48. The summed E-state index contributed by atoms with van der Waals surface area (Å²) in [5, 5.41) is 4.07. The lowest BCUT2D eigenvalue weighted by atomic mass is 10.1. The maximum absolute atomic E-state index is 11.9. The van der Waals surface area contributed by atoms with Crippen molar-refractivity contribution in [1.29, 1.82) is 0 Å². The van der Waals surface area contributed by atoms with Gasteiger partial charge in [0.05, 0.1) is 5.71 Å². The lowest BCUT2D eigenvalue weighted by molar-refractivity contribution is -0.123. The zero-order chi connectivity index (χ0) is 16.8.